The van der Waals surface area contributed by atoms with E-state index < -0.39 is 0 Å². The largest absolute Gasteiger partial charge is 2.00 e. The second-order valence-electron chi connectivity index (χ2n) is 0. The summed E-state index contributed by atoms with van der Waals surface area (Å²) in [7, 11) is 0. The zero-order valence-corrected chi connectivity index (χ0v) is 7.83. The fourth-order valence-corrected chi connectivity index (χ4v) is 0. The topological polar surface area (TPSA) is 46.1 Å². The number of halogens is 2. The van der Waals surface area contributed by atoms with Gasteiger partial charge in [0.2, 0.25) is 0 Å². The van der Waals surface area contributed by atoms with Gasteiger partial charge in [-0.1, -0.05) is 0 Å². The second-order valence-corrected chi connectivity index (χ2v) is 0. The molecule has 5 heavy (non-hydrogen) atoms. The molecular formula is CdCl2O2. The van der Waals surface area contributed by atoms with Gasteiger partial charge in [-0.05, 0) is 0 Å². The maximum Gasteiger partial charge on any atom is 2.00 e. The van der Waals surface area contributed by atoms with E-state index in [-0.39, 0.29) is 27.3 Å². The molecule has 0 aromatic carbocycles. The first-order valence-electron chi connectivity index (χ1n) is 0.309. The molecule has 28 valence electrons. The first-order valence-corrected chi connectivity index (χ1v) is 0.926. The van der Waals surface area contributed by atoms with Crippen molar-refractivity contribution in [2.24, 2.45) is 0 Å². The van der Waals surface area contributed by atoms with E-state index in [9.17, 15) is 0 Å². The van der Waals surface area contributed by atoms with Gasteiger partial charge in [0.1, 0.15) is 0 Å². The summed E-state index contributed by atoms with van der Waals surface area (Å²) in [6.07, 6.45) is 0. The third-order valence-electron chi connectivity index (χ3n) is 0. The van der Waals surface area contributed by atoms with Crippen LogP contribution in [0.15, 0.2) is 0 Å². The van der Waals surface area contributed by atoms with Crippen molar-refractivity contribution in [3.63, 3.8) is 0 Å². The van der Waals surface area contributed by atoms with Crippen LogP contribution in [0.3, 0.4) is 0 Å². The predicted octanol–water partition coefficient (Wildman–Crippen LogP) is -1.00. The minimum atomic E-state index is 0. The molecular weight excluding hydrogens is 215 g/mol. The van der Waals surface area contributed by atoms with Gasteiger partial charge in [0.05, 0.1) is 0 Å². The summed E-state index contributed by atoms with van der Waals surface area (Å²) in [6, 6.07) is 0. The molecule has 0 N–H and O–H groups in total. The van der Waals surface area contributed by atoms with Crippen molar-refractivity contribution in [2.75, 3.05) is 0 Å². The minimum Gasteiger partial charge on any atom is -0.769 e. The van der Waals surface area contributed by atoms with Crippen LogP contribution in [0.5, 0.6) is 0 Å². The Morgan fingerprint density at radius 2 is 0.800 bits per heavy atom. The minimum absolute atomic E-state index is 0. The molecule has 0 aliphatic heterocycles. The van der Waals surface area contributed by atoms with Crippen LogP contribution >= 0.6 is 23.7 Å². The molecule has 0 heterocycles. The molecule has 0 saturated heterocycles. The fraction of sp³-hybridized carbons (Fsp3) is 0. The van der Waals surface area contributed by atoms with Crippen LogP contribution in [0.1, 0.15) is 0 Å². The summed E-state index contributed by atoms with van der Waals surface area (Å²) in [5.41, 5.74) is 0. The zero-order chi connectivity index (χ0) is 4.00. The zero-order valence-electron chi connectivity index (χ0n) is 2.28. The van der Waals surface area contributed by atoms with Crippen molar-refractivity contribution >= 4 is 23.7 Å². The van der Waals surface area contributed by atoms with E-state index >= 15 is 0 Å². The summed E-state index contributed by atoms with van der Waals surface area (Å²) >= 11 is 6.78. The maximum atomic E-state index is 7.72. The summed E-state index contributed by atoms with van der Waals surface area (Å²) in [5.74, 6) is 0. The number of rotatable bonds is 0. The van der Waals surface area contributed by atoms with Crippen LogP contribution in [0, 0.1) is 0 Å². The van der Waals surface area contributed by atoms with Gasteiger partial charge in [-0.3, -0.25) is 0 Å². The van der Waals surface area contributed by atoms with Crippen LogP contribution in [0.2, 0.25) is 0 Å². The quantitative estimate of drug-likeness (QED) is 0.487. The van der Waals surface area contributed by atoms with Crippen LogP contribution in [-0.4, -0.2) is 0 Å². The monoisotopic (exact) mass is 216 g/mol. The number of hydrogen-bond donors (Lipinski definition) is 0. The van der Waals surface area contributed by atoms with E-state index in [0.717, 1.165) is 0 Å². The van der Waals surface area contributed by atoms with Crippen molar-refractivity contribution in [3.05, 3.63) is 0 Å². The average molecular weight is 215 g/mol. The molecule has 0 saturated carbocycles. The molecule has 0 atom stereocenters. The van der Waals surface area contributed by atoms with Crippen molar-refractivity contribution in [1.82, 2.24) is 0 Å². The summed E-state index contributed by atoms with van der Waals surface area (Å²) in [5, 5.41) is 0. The summed E-state index contributed by atoms with van der Waals surface area (Å²) < 4.78 is 15.4. The second kappa shape index (κ2) is 52.4. The third kappa shape index (κ3) is 31.4. The van der Waals surface area contributed by atoms with Gasteiger partial charge in [-0.2, -0.15) is 0 Å². The van der Waals surface area contributed by atoms with Crippen LogP contribution < -0.4 is 9.32 Å². The Morgan fingerprint density at radius 3 is 0.800 bits per heavy atom. The fourth-order valence-electron chi connectivity index (χ4n) is 0. The molecule has 0 amide bonds. The van der Waals surface area contributed by atoms with Gasteiger partial charge in [-0.15, -0.1) is 0 Å². The summed E-state index contributed by atoms with van der Waals surface area (Å²) in [4.78, 5) is 0. The van der Waals surface area contributed by atoms with Crippen molar-refractivity contribution < 1.29 is 36.6 Å². The molecule has 0 spiro atoms. The van der Waals surface area contributed by atoms with Crippen molar-refractivity contribution in [1.29, 1.82) is 0 Å². The van der Waals surface area contributed by atoms with E-state index in [4.69, 9.17) is 9.32 Å². The Labute approximate surface area is 60.2 Å². The Hall–Kier alpha value is 1.42. The van der Waals surface area contributed by atoms with Gasteiger partial charge in [0.15, 0.2) is 0 Å². The molecule has 0 aliphatic rings. The van der Waals surface area contributed by atoms with Crippen LogP contribution in [0.4, 0.5) is 0 Å². The van der Waals surface area contributed by atoms with Gasteiger partial charge in [0, 0.05) is 0 Å². The molecule has 0 radical (unpaired) electrons. The molecule has 0 fully saturated rings. The van der Waals surface area contributed by atoms with Crippen molar-refractivity contribution in [2.45, 2.75) is 0 Å². The first kappa shape index (κ1) is 16.1. The third-order valence-corrected chi connectivity index (χ3v) is 0. The Balaban J connectivity index is -0.0000000133. The number of hydrogen-bond acceptors (Lipinski definition) is 2. The van der Waals surface area contributed by atoms with Gasteiger partial charge in [0.25, 0.3) is 0 Å². The van der Waals surface area contributed by atoms with Crippen LogP contribution in [0.25, 0.3) is 0 Å². The molecule has 0 aliphatic carbocycles. The SMILES string of the molecule is [Cd+2].[O-]Cl.[O-]Cl. The van der Waals surface area contributed by atoms with E-state index in [0.29, 0.717) is 0 Å². The van der Waals surface area contributed by atoms with Gasteiger partial charge < -0.3 is 9.32 Å². The molecule has 0 bridgehead atoms. The molecule has 0 aromatic rings. The van der Waals surface area contributed by atoms with Gasteiger partial charge >= 0.3 is 27.3 Å². The first-order chi connectivity index (χ1) is 2.00. The van der Waals surface area contributed by atoms with E-state index in [2.05, 4.69) is 23.7 Å². The van der Waals surface area contributed by atoms with Gasteiger partial charge in [-0.25, -0.2) is 23.7 Å². The Bertz CT molecular complexity index is 7.61. The molecule has 5 heteroatoms. The molecule has 0 aromatic heterocycles. The molecule has 2 nitrogen and oxygen atoms in total. The van der Waals surface area contributed by atoms with E-state index in [1.54, 1.807) is 0 Å². The molecule has 0 rings (SSSR count). The molecule has 0 unspecified atom stereocenters. The van der Waals surface area contributed by atoms with Crippen molar-refractivity contribution in [3.8, 4) is 0 Å². The maximum absolute atomic E-state index is 7.72. The standard InChI is InChI=1S/Cd.2ClO/c;2*1-2/q+2;2*-1. The van der Waals surface area contributed by atoms with Crippen LogP contribution in [-0.2, 0) is 27.3 Å². The normalized spacial score (nSPS) is 2.40. The Kier molecular flexibility index (Phi) is 169. The predicted molar refractivity (Wildman–Crippen MR) is 11.7 cm³/mol. The van der Waals surface area contributed by atoms with E-state index in [1.165, 1.54) is 0 Å². The van der Waals surface area contributed by atoms with E-state index in [1.807, 2.05) is 0 Å². The Morgan fingerprint density at radius 1 is 0.800 bits per heavy atom. The average Bonchev–Trinajstić information content (AvgIpc) is 1.50. The smallest absolute Gasteiger partial charge is 0.769 e. The summed E-state index contributed by atoms with van der Waals surface area (Å²) in [6.45, 7) is 0.